The van der Waals surface area contributed by atoms with E-state index in [0.717, 1.165) is 11.3 Å². The molecule has 1 aromatic rings. The van der Waals surface area contributed by atoms with E-state index in [4.69, 9.17) is 9.57 Å². The third kappa shape index (κ3) is 3.23. The van der Waals surface area contributed by atoms with Crippen molar-refractivity contribution in [3.63, 3.8) is 0 Å². The van der Waals surface area contributed by atoms with Crippen LogP contribution in [-0.4, -0.2) is 18.1 Å². The maximum absolute atomic E-state index is 11.9. The lowest BCUT2D eigenvalue weighted by Gasteiger charge is -2.26. The number of amides is 1. The third-order valence-electron chi connectivity index (χ3n) is 2.71. The first-order valence-electron chi connectivity index (χ1n) is 6.14. The Morgan fingerprint density at radius 3 is 2.83 bits per heavy atom. The molecule has 1 heterocycles. The lowest BCUT2D eigenvalue weighted by Crippen LogP contribution is -2.41. The number of benzene rings is 1. The molecule has 4 nitrogen and oxygen atoms in total. The first-order chi connectivity index (χ1) is 8.46. The molecule has 1 aliphatic heterocycles. The molecule has 18 heavy (non-hydrogen) atoms. The van der Waals surface area contributed by atoms with E-state index in [-0.39, 0.29) is 17.4 Å². The Bertz CT molecular complexity index is 437. The van der Waals surface area contributed by atoms with Gasteiger partial charge in [0.15, 0.2) is 0 Å². The Labute approximate surface area is 107 Å². The number of rotatable bonds is 2. The monoisotopic (exact) mass is 249 g/mol. The fourth-order valence-electron chi connectivity index (χ4n) is 1.78. The van der Waals surface area contributed by atoms with E-state index in [9.17, 15) is 4.79 Å². The van der Waals surface area contributed by atoms with Crippen LogP contribution in [0.15, 0.2) is 24.3 Å². The summed E-state index contributed by atoms with van der Waals surface area (Å²) in [6.45, 7) is 6.07. The van der Waals surface area contributed by atoms with E-state index in [1.54, 1.807) is 0 Å². The topological polar surface area (TPSA) is 47.6 Å². The lowest BCUT2D eigenvalue weighted by atomic mass is 9.96. The number of hydrogen-bond donors (Lipinski definition) is 1. The SMILES string of the molecule is CC(C)(C)ONC(=O)C1COc2ccccc2C1. The maximum Gasteiger partial charge on any atom is 0.250 e. The first kappa shape index (κ1) is 12.9. The summed E-state index contributed by atoms with van der Waals surface area (Å²) in [6, 6.07) is 7.80. The summed E-state index contributed by atoms with van der Waals surface area (Å²) in [6.07, 6.45) is 0.690. The Morgan fingerprint density at radius 1 is 1.39 bits per heavy atom. The van der Waals surface area contributed by atoms with Gasteiger partial charge in [-0.3, -0.25) is 9.63 Å². The van der Waals surface area contributed by atoms with Gasteiger partial charge in [-0.25, -0.2) is 5.48 Å². The molecule has 98 valence electrons. The summed E-state index contributed by atoms with van der Waals surface area (Å²) in [5.74, 6) is 0.556. The summed E-state index contributed by atoms with van der Waals surface area (Å²) in [7, 11) is 0. The molecular weight excluding hydrogens is 230 g/mol. The van der Waals surface area contributed by atoms with E-state index in [1.807, 2.05) is 45.0 Å². The zero-order valence-corrected chi connectivity index (χ0v) is 11.0. The second-order valence-electron chi connectivity index (χ2n) is 5.50. The molecule has 0 aliphatic carbocycles. The molecule has 0 bridgehead atoms. The van der Waals surface area contributed by atoms with Gasteiger partial charge in [0, 0.05) is 0 Å². The molecule has 0 fully saturated rings. The van der Waals surface area contributed by atoms with Gasteiger partial charge in [0.05, 0.1) is 11.5 Å². The number of nitrogens with one attached hydrogen (secondary N) is 1. The number of carbonyl (C=O) groups is 1. The second kappa shape index (κ2) is 4.98. The minimum atomic E-state index is -0.386. The molecule has 1 aromatic carbocycles. The maximum atomic E-state index is 11.9. The minimum absolute atomic E-state index is 0.126. The zero-order valence-electron chi connectivity index (χ0n) is 11.0. The van der Waals surface area contributed by atoms with Gasteiger partial charge in [-0.1, -0.05) is 18.2 Å². The number of carbonyl (C=O) groups excluding carboxylic acids is 1. The highest BCUT2D eigenvalue weighted by molar-refractivity contribution is 5.78. The Hall–Kier alpha value is -1.55. The van der Waals surface area contributed by atoms with Gasteiger partial charge in [-0.05, 0) is 38.8 Å². The van der Waals surface area contributed by atoms with Gasteiger partial charge in [-0.2, -0.15) is 0 Å². The predicted molar refractivity (Wildman–Crippen MR) is 68.1 cm³/mol. The van der Waals surface area contributed by atoms with Crippen LogP contribution in [0.1, 0.15) is 26.3 Å². The van der Waals surface area contributed by atoms with Crippen LogP contribution in [0, 0.1) is 5.92 Å². The fraction of sp³-hybridized carbons (Fsp3) is 0.500. The average molecular weight is 249 g/mol. The third-order valence-corrected chi connectivity index (χ3v) is 2.71. The summed E-state index contributed by atoms with van der Waals surface area (Å²) < 4.78 is 5.57. The molecule has 1 unspecified atom stereocenters. The van der Waals surface area contributed by atoms with Crippen molar-refractivity contribution in [3.05, 3.63) is 29.8 Å². The van der Waals surface area contributed by atoms with Crippen LogP contribution in [0.3, 0.4) is 0 Å². The van der Waals surface area contributed by atoms with Crippen molar-refractivity contribution in [2.45, 2.75) is 32.8 Å². The summed E-state index contributed by atoms with van der Waals surface area (Å²) in [5.41, 5.74) is 3.19. The van der Waals surface area contributed by atoms with Crippen molar-refractivity contribution in [2.24, 2.45) is 5.92 Å². The largest absolute Gasteiger partial charge is 0.492 e. The molecule has 0 aromatic heterocycles. The van der Waals surface area contributed by atoms with Crippen molar-refractivity contribution in [1.82, 2.24) is 5.48 Å². The van der Waals surface area contributed by atoms with E-state index >= 15 is 0 Å². The summed E-state index contributed by atoms with van der Waals surface area (Å²) in [4.78, 5) is 17.2. The minimum Gasteiger partial charge on any atom is -0.492 e. The molecule has 1 atom stereocenters. The van der Waals surface area contributed by atoms with Crippen molar-refractivity contribution in [2.75, 3.05) is 6.61 Å². The van der Waals surface area contributed by atoms with Crippen LogP contribution in [-0.2, 0) is 16.1 Å². The van der Waals surface area contributed by atoms with E-state index in [1.165, 1.54) is 0 Å². The number of para-hydroxylation sites is 1. The zero-order chi connectivity index (χ0) is 13.2. The van der Waals surface area contributed by atoms with Crippen LogP contribution >= 0.6 is 0 Å². The molecule has 4 heteroatoms. The van der Waals surface area contributed by atoms with Crippen LogP contribution in [0.25, 0.3) is 0 Å². The van der Waals surface area contributed by atoms with Crippen molar-refractivity contribution in [1.29, 1.82) is 0 Å². The molecule has 0 saturated carbocycles. The van der Waals surface area contributed by atoms with E-state index in [2.05, 4.69) is 5.48 Å². The molecule has 1 aliphatic rings. The summed E-state index contributed by atoms with van der Waals surface area (Å²) in [5, 5.41) is 0. The Balaban J connectivity index is 1.95. The molecule has 1 N–H and O–H groups in total. The van der Waals surface area contributed by atoms with Crippen molar-refractivity contribution >= 4 is 5.91 Å². The van der Waals surface area contributed by atoms with Crippen LogP contribution < -0.4 is 10.2 Å². The van der Waals surface area contributed by atoms with Crippen LogP contribution in [0.2, 0.25) is 0 Å². The Kier molecular flexibility index (Phi) is 3.57. The number of fused-ring (bicyclic) bond motifs is 1. The van der Waals surface area contributed by atoms with Gasteiger partial charge in [0.2, 0.25) is 5.91 Å². The second-order valence-corrected chi connectivity index (χ2v) is 5.50. The molecular formula is C14H19NO3. The highest BCUT2D eigenvalue weighted by Crippen LogP contribution is 2.26. The normalized spacial score (nSPS) is 18.7. The predicted octanol–water partition coefficient (Wildman–Crippen LogP) is 2.08. The van der Waals surface area contributed by atoms with Gasteiger partial charge in [0.1, 0.15) is 12.4 Å². The quantitative estimate of drug-likeness (QED) is 0.816. The molecule has 1 amide bonds. The van der Waals surface area contributed by atoms with Crippen molar-refractivity contribution < 1.29 is 14.4 Å². The average Bonchev–Trinajstić information content (AvgIpc) is 2.34. The summed E-state index contributed by atoms with van der Waals surface area (Å²) >= 11 is 0. The molecule has 0 spiro atoms. The van der Waals surface area contributed by atoms with Gasteiger partial charge < -0.3 is 4.74 Å². The van der Waals surface area contributed by atoms with E-state index in [0.29, 0.717) is 13.0 Å². The van der Waals surface area contributed by atoms with Crippen LogP contribution in [0.4, 0.5) is 0 Å². The van der Waals surface area contributed by atoms with Gasteiger partial charge in [0.25, 0.3) is 0 Å². The highest BCUT2D eigenvalue weighted by atomic mass is 16.7. The van der Waals surface area contributed by atoms with Gasteiger partial charge >= 0.3 is 0 Å². The standard InChI is InChI=1S/C14H19NO3/c1-14(2,3)18-15-13(16)11-8-10-6-4-5-7-12(10)17-9-11/h4-7,11H,8-9H2,1-3H3,(H,15,16). The lowest BCUT2D eigenvalue weighted by molar-refractivity contribution is -0.151. The fourth-order valence-corrected chi connectivity index (χ4v) is 1.78. The molecule has 2 rings (SSSR count). The Morgan fingerprint density at radius 2 is 2.11 bits per heavy atom. The number of hydroxylamine groups is 1. The van der Waals surface area contributed by atoms with Gasteiger partial charge in [-0.15, -0.1) is 0 Å². The number of hydrogen-bond acceptors (Lipinski definition) is 3. The number of ether oxygens (including phenoxy) is 1. The van der Waals surface area contributed by atoms with E-state index < -0.39 is 0 Å². The molecule has 0 radical (unpaired) electrons. The highest BCUT2D eigenvalue weighted by Gasteiger charge is 2.26. The van der Waals surface area contributed by atoms with Crippen LogP contribution in [0.5, 0.6) is 5.75 Å². The first-order valence-corrected chi connectivity index (χ1v) is 6.14. The smallest absolute Gasteiger partial charge is 0.250 e. The van der Waals surface area contributed by atoms with Crippen molar-refractivity contribution in [3.8, 4) is 5.75 Å². The molecule has 0 saturated heterocycles.